The number of fused-ring (bicyclic) bond motifs is 1. The van der Waals surface area contributed by atoms with Crippen molar-refractivity contribution in [3.05, 3.63) is 39.0 Å². The first-order valence-electron chi connectivity index (χ1n) is 7.80. The molecule has 1 saturated heterocycles. The minimum atomic E-state index is -0.431. The van der Waals surface area contributed by atoms with E-state index in [1.54, 1.807) is 0 Å². The van der Waals surface area contributed by atoms with E-state index in [0.717, 1.165) is 23.9 Å². The van der Waals surface area contributed by atoms with E-state index in [0.29, 0.717) is 36.1 Å². The summed E-state index contributed by atoms with van der Waals surface area (Å²) >= 11 is 3.39. The van der Waals surface area contributed by atoms with Crippen molar-refractivity contribution >= 4 is 44.1 Å². The van der Waals surface area contributed by atoms with Gasteiger partial charge in [-0.15, -0.1) is 0 Å². The van der Waals surface area contributed by atoms with Gasteiger partial charge in [-0.2, -0.15) is 0 Å². The molecule has 2 aromatic rings. The van der Waals surface area contributed by atoms with Crippen LogP contribution in [0.1, 0.15) is 19.3 Å². The number of benzene rings is 1. The zero-order chi connectivity index (χ0) is 17.1. The van der Waals surface area contributed by atoms with Gasteiger partial charge in [0.05, 0.1) is 10.4 Å². The second kappa shape index (κ2) is 7.12. The monoisotopic (exact) mass is 392 g/mol. The molecule has 1 N–H and O–H groups in total. The van der Waals surface area contributed by atoms with Gasteiger partial charge in [0.2, 0.25) is 5.91 Å². The van der Waals surface area contributed by atoms with Crippen molar-refractivity contribution in [3.63, 3.8) is 0 Å². The van der Waals surface area contributed by atoms with Gasteiger partial charge in [0.1, 0.15) is 11.9 Å². The first-order chi connectivity index (χ1) is 11.6. The molecule has 126 valence electrons. The predicted octanol–water partition coefficient (Wildman–Crippen LogP) is 3.33. The smallest absolute Gasteiger partial charge is 0.311 e. The maximum absolute atomic E-state index is 11.6. The number of carbonyl (C=O) groups excluding carboxylic acids is 1. The Morgan fingerprint density at radius 1 is 1.42 bits per heavy atom. The van der Waals surface area contributed by atoms with Crippen LogP contribution in [0.3, 0.4) is 0 Å². The van der Waals surface area contributed by atoms with E-state index >= 15 is 0 Å². The summed E-state index contributed by atoms with van der Waals surface area (Å²) in [7, 11) is 0. The number of anilines is 1. The molecule has 3 rings (SSSR count). The molecule has 1 aliphatic rings. The van der Waals surface area contributed by atoms with Gasteiger partial charge in [-0.25, -0.2) is 4.98 Å². The summed E-state index contributed by atoms with van der Waals surface area (Å²) in [5.41, 5.74) is 1.12. The van der Waals surface area contributed by atoms with Gasteiger partial charge >= 0.3 is 5.69 Å². The number of pyridine rings is 1. The average Bonchev–Trinajstić information content (AvgIpc) is 2.96. The molecule has 1 aliphatic heterocycles. The molecule has 0 atom stereocenters. The second-order valence-corrected chi connectivity index (χ2v) is 6.62. The zero-order valence-electron chi connectivity index (χ0n) is 13.0. The average molecular weight is 393 g/mol. The molecule has 1 amide bonds. The quantitative estimate of drug-likeness (QED) is 0.462. The van der Waals surface area contributed by atoms with Gasteiger partial charge in [-0.1, -0.05) is 15.9 Å². The Balaban J connectivity index is 1.76. The maximum Gasteiger partial charge on any atom is 0.311 e. The lowest BCUT2D eigenvalue weighted by Gasteiger charge is -2.16. The lowest BCUT2D eigenvalue weighted by atomic mass is 10.1. The van der Waals surface area contributed by atoms with Gasteiger partial charge in [-0.3, -0.25) is 14.9 Å². The highest BCUT2D eigenvalue weighted by molar-refractivity contribution is 9.10. The van der Waals surface area contributed by atoms with Gasteiger partial charge in [-0.05, 0) is 31.0 Å². The summed E-state index contributed by atoms with van der Waals surface area (Å²) in [5.74, 6) is 0.194. The highest BCUT2D eigenvalue weighted by atomic mass is 79.9. The fourth-order valence-electron chi connectivity index (χ4n) is 2.90. The number of carbonyl (C=O) groups is 1. The van der Waals surface area contributed by atoms with Crippen molar-refractivity contribution < 1.29 is 9.72 Å². The molecule has 0 spiro atoms. The van der Waals surface area contributed by atoms with Gasteiger partial charge < -0.3 is 10.2 Å². The summed E-state index contributed by atoms with van der Waals surface area (Å²) < 4.78 is 0.836. The predicted molar refractivity (Wildman–Crippen MR) is 95.0 cm³/mol. The Bertz CT molecular complexity index is 796. The summed E-state index contributed by atoms with van der Waals surface area (Å²) in [6.45, 7) is 2.03. The van der Waals surface area contributed by atoms with Crippen molar-refractivity contribution in [1.29, 1.82) is 0 Å². The molecule has 0 aliphatic carbocycles. The lowest BCUT2D eigenvalue weighted by molar-refractivity contribution is -0.384. The van der Waals surface area contributed by atoms with E-state index in [2.05, 4.69) is 26.2 Å². The minimum Gasteiger partial charge on any atom is -0.379 e. The Hall–Kier alpha value is -2.22. The van der Waals surface area contributed by atoms with E-state index in [9.17, 15) is 14.9 Å². The number of aromatic nitrogens is 1. The van der Waals surface area contributed by atoms with E-state index in [1.807, 2.05) is 23.1 Å². The number of hydrogen-bond donors (Lipinski definition) is 1. The molecule has 0 radical (unpaired) electrons. The van der Waals surface area contributed by atoms with E-state index in [1.165, 1.54) is 6.20 Å². The third kappa shape index (κ3) is 3.48. The summed E-state index contributed by atoms with van der Waals surface area (Å²) in [6, 6.07) is 5.49. The lowest BCUT2D eigenvalue weighted by Crippen LogP contribution is -2.27. The van der Waals surface area contributed by atoms with Crippen LogP contribution in [0.5, 0.6) is 0 Å². The highest BCUT2D eigenvalue weighted by Gasteiger charge is 2.20. The number of nitrogens with one attached hydrogen (secondary N) is 1. The molecule has 1 fully saturated rings. The Morgan fingerprint density at radius 3 is 2.96 bits per heavy atom. The van der Waals surface area contributed by atoms with Crippen LogP contribution in [-0.2, 0) is 4.79 Å². The maximum atomic E-state index is 11.6. The van der Waals surface area contributed by atoms with Crippen LogP contribution in [0.4, 0.5) is 11.4 Å². The van der Waals surface area contributed by atoms with Crippen LogP contribution in [0.25, 0.3) is 10.9 Å². The summed E-state index contributed by atoms with van der Waals surface area (Å²) in [6.07, 6.45) is 3.56. The van der Waals surface area contributed by atoms with Gasteiger partial charge in [0, 0.05) is 35.9 Å². The van der Waals surface area contributed by atoms with Crippen LogP contribution in [-0.4, -0.2) is 40.3 Å². The third-order valence-corrected chi connectivity index (χ3v) is 4.58. The van der Waals surface area contributed by atoms with Crippen LogP contribution in [0, 0.1) is 10.1 Å². The van der Waals surface area contributed by atoms with Crippen molar-refractivity contribution in [3.8, 4) is 0 Å². The standard InChI is InChI=1S/C16H17BrN4O3/c17-11-4-5-13-12(9-11)16(14(10-19-13)21(23)24)18-6-2-8-20-7-1-3-15(20)22/h4-5,9-10H,1-3,6-8H2,(H,18,19). The summed E-state index contributed by atoms with van der Waals surface area (Å²) in [5, 5.41) is 15.2. The Labute approximate surface area is 147 Å². The van der Waals surface area contributed by atoms with Crippen molar-refractivity contribution in [2.24, 2.45) is 0 Å². The first kappa shape index (κ1) is 16.6. The van der Waals surface area contributed by atoms with Crippen molar-refractivity contribution in [2.45, 2.75) is 19.3 Å². The zero-order valence-corrected chi connectivity index (χ0v) is 14.6. The van der Waals surface area contributed by atoms with Crippen molar-refractivity contribution in [1.82, 2.24) is 9.88 Å². The largest absolute Gasteiger partial charge is 0.379 e. The Kier molecular flexibility index (Phi) is 4.94. The van der Waals surface area contributed by atoms with E-state index < -0.39 is 4.92 Å². The SMILES string of the molecule is O=C1CCCN1CCCNc1c([N+](=O)[O-])cnc2ccc(Br)cc12. The van der Waals surface area contributed by atoms with Crippen LogP contribution < -0.4 is 5.32 Å². The molecular weight excluding hydrogens is 376 g/mol. The van der Waals surface area contributed by atoms with Crippen LogP contribution >= 0.6 is 15.9 Å². The van der Waals surface area contributed by atoms with E-state index in [4.69, 9.17) is 0 Å². The van der Waals surface area contributed by atoms with Crippen molar-refractivity contribution in [2.75, 3.05) is 25.0 Å². The molecule has 0 unspecified atom stereocenters. The topological polar surface area (TPSA) is 88.4 Å². The second-order valence-electron chi connectivity index (χ2n) is 5.70. The molecule has 1 aromatic heterocycles. The number of nitro groups is 1. The van der Waals surface area contributed by atoms with Crippen LogP contribution in [0.2, 0.25) is 0 Å². The highest BCUT2D eigenvalue weighted by Crippen LogP contribution is 2.33. The molecule has 2 heterocycles. The normalized spacial score (nSPS) is 14.4. The van der Waals surface area contributed by atoms with Gasteiger partial charge in [0.25, 0.3) is 0 Å². The number of hydrogen-bond acceptors (Lipinski definition) is 5. The summed E-state index contributed by atoms with van der Waals surface area (Å²) in [4.78, 5) is 28.5. The van der Waals surface area contributed by atoms with Gasteiger partial charge in [0.15, 0.2) is 0 Å². The van der Waals surface area contributed by atoms with Crippen LogP contribution in [0.15, 0.2) is 28.9 Å². The molecule has 1 aromatic carbocycles. The number of halogens is 1. The fraction of sp³-hybridized carbons (Fsp3) is 0.375. The molecule has 24 heavy (non-hydrogen) atoms. The first-order valence-corrected chi connectivity index (χ1v) is 8.60. The number of amides is 1. The number of rotatable bonds is 6. The minimum absolute atomic E-state index is 0.0437. The molecular formula is C16H17BrN4O3. The number of nitrogens with zero attached hydrogens (tertiary/aromatic N) is 3. The fourth-order valence-corrected chi connectivity index (χ4v) is 3.26. The Morgan fingerprint density at radius 2 is 2.25 bits per heavy atom. The molecule has 7 nitrogen and oxygen atoms in total. The van der Waals surface area contributed by atoms with E-state index in [-0.39, 0.29) is 11.6 Å². The molecule has 0 saturated carbocycles. The number of likely N-dealkylation sites (tertiary alicyclic amines) is 1. The molecule has 0 bridgehead atoms. The third-order valence-electron chi connectivity index (χ3n) is 4.08. The molecule has 8 heteroatoms.